The van der Waals surface area contributed by atoms with Crippen LogP contribution in [0.4, 0.5) is 0 Å². The molecule has 0 atom stereocenters. The Morgan fingerprint density at radius 2 is 2.00 bits per heavy atom. The van der Waals surface area contributed by atoms with Gasteiger partial charge in [-0.1, -0.05) is 39.0 Å². The number of rotatable bonds is 4. The van der Waals surface area contributed by atoms with Gasteiger partial charge in [-0.15, -0.1) is 0 Å². The van der Waals surface area contributed by atoms with Gasteiger partial charge >= 0.3 is 5.97 Å². The summed E-state index contributed by atoms with van der Waals surface area (Å²) in [6.45, 7) is 8.76. The highest BCUT2D eigenvalue weighted by atomic mass is 16.5. The molecule has 0 heterocycles. The summed E-state index contributed by atoms with van der Waals surface area (Å²) in [5, 5.41) is 8.91. The van der Waals surface area contributed by atoms with E-state index < -0.39 is 5.97 Å². The van der Waals surface area contributed by atoms with E-state index >= 15 is 0 Å². The molecule has 0 spiro atoms. The maximum absolute atomic E-state index is 10.9. The first-order valence-corrected chi connectivity index (χ1v) is 6.29. The summed E-state index contributed by atoms with van der Waals surface area (Å²) in [6.07, 6.45) is 1.21. The maximum atomic E-state index is 10.9. The summed E-state index contributed by atoms with van der Waals surface area (Å²) in [7, 11) is 1.56. The van der Waals surface area contributed by atoms with Gasteiger partial charge in [-0.05, 0) is 34.6 Å². The maximum Gasteiger partial charge on any atom is 0.328 e. The molecule has 0 bridgehead atoms. The van der Waals surface area contributed by atoms with Crippen LogP contribution in [0.5, 0.6) is 0 Å². The summed E-state index contributed by atoms with van der Waals surface area (Å²) < 4.78 is 5.08. The van der Waals surface area contributed by atoms with Crippen LogP contribution in [0, 0.1) is 6.92 Å². The number of methoxy groups -OCH3 is 1. The van der Waals surface area contributed by atoms with Crippen LogP contribution in [0.3, 0.4) is 0 Å². The lowest BCUT2D eigenvalue weighted by Crippen LogP contribution is -2.12. The number of carboxylic acid groups (broad SMARTS) is 1. The van der Waals surface area contributed by atoms with Gasteiger partial charge < -0.3 is 9.84 Å². The van der Waals surface area contributed by atoms with Crippen molar-refractivity contribution in [2.24, 2.45) is 0 Å². The predicted octanol–water partition coefficient (Wildman–Crippen LogP) is 3.41. The van der Waals surface area contributed by atoms with Gasteiger partial charge in [0, 0.05) is 13.2 Å². The van der Waals surface area contributed by atoms with Crippen LogP contribution in [0.1, 0.15) is 37.5 Å². The Hall–Kier alpha value is -1.61. The van der Waals surface area contributed by atoms with E-state index in [4.69, 9.17) is 9.84 Å². The average Bonchev–Trinajstić information content (AvgIpc) is 2.26. The molecule has 0 aliphatic rings. The van der Waals surface area contributed by atoms with Crippen LogP contribution in [0.15, 0.2) is 24.3 Å². The van der Waals surface area contributed by atoms with Crippen molar-refractivity contribution in [2.75, 3.05) is 13.7 Å². The Bertz CT molecular complexity index is 493. The highest BCUT2D eigenvalue weighted by Crippen LogP contribution is 2.27. The predicted molar refractivity (Wildman–Crippen MR) is 77.4 cm³/mol. The summed E-state index contributed by atoms with van der Waals surface area (Å²) in [5.74, 6) is -0.952. The van der Waals surface area contributed by atoms with Gasteiger partial charge in [-0.25, -0.2) is 4.79 Å². The normalized spacial score (nSPS) is 12.6. The number of carbonyl (C=O) groups is 1. The molecule has 3 nitrogen and oxygen atoms in total. The van der Waals surface area contributed by atoms with Crippen molar-refractivity contribution in [3.63, 3.8) is 0 Å². The van der Waals surface area contributed by atoms with Crippen LogP contribution >= 0.6 is 0 Å². The lowest BCUT2D eigenvalue weighted by molar-refractivity contribution is -0.131. The van der Waals surface area contributed by atoms with Crippen molar-refractivity contribution < 1.29 is 14.6 Å². The van der Waals surface area contributed by atoms with E-state index in [9.17, 15) is 4.79 Å². The van der Waals surface area contributed by atoms with Gasteiger partial charge in [0.1, 0.15) is 0 Å². The zero-order chi connectivity index (χ0) is 14.6. The van der Waals surface area contributed by atoms with Crippen LogP contribution < -0.4 is 0 Å². The number of ether oxygens (including phenoxy) is 1. The van der Waals surface area contributed by atoms with E-state index in [2.05, 4.69) is 26.8 Å². The monoisotopic (exact) mass is 262 g/mol. The number of hydrogen-bond donors (Lipinski definition) is 1. The Morgan fingerprint density at radius 1 is 1.37 bits per heavy atom. The Labute approximate surface area is 114 Å². The first kappa shape index (κ1) is 15.4. The third kappa shape index (κ3) is 4.21. The lowest BCUT2D eigenvalue weighted by atomic mass is 9.84. The first-order chi connectivity index (χ1) is 8.75. The van der Waals surface area contributed by atoms with Crippen molar-refractivity contribution in [1.82, 2.24) is 0 Å². The molecule has 0 aliphatic carbocycles. The fraction of sp³-hybridized carbons (Fsp3) is 0.438. The minimum absolute atomic E-state index is 0.0845. The smallest absolute Gasteiger partial charge is 0.328 e. The van der Waals surface area contributed by atoms with Crippen molar-refractivity contribution in [3.05, 3.63) is 41.0 Å². The number of benzene rings is 1. The third-order valence-electron chi connectivity index (χ3n) is 3.04. The Kier molecular flexibility index (Phi) is 4.90. The second-order valence-corrected chi connectivity index (χ2v) is 5.72. The molecule has 0 aromatic heterocycles. The van der Waals surface area contributed by atoms with E-state index in [-0.39, 0.29) is 5.41 Å². The highest BCUT2D eigenvalue weighted by Gasteiger charge is 2.15. The second kappa shape index (κ2) is 6.02. The molecule has 0 saturated heterocycles. The fourth-order valence-corrected chi connectivity index (χ4v) is 1.99. The molecule has 3 heteroatoms. The molecule has 104 valence electrons. The molecular formula is C16H22O3. The average molecular weight is 262 g/mol. The van der Waals surface area contributed by atoms with E-state index in [1.54, 1.807) is 7.11 Å². The topological polar surface area (TPSA) is 46.5 Å². The number of aryl methyl sites for hydroxylation is 1. The van der Waals surface area contributed by atoms with Gasteiger partial charge in [-0.2, -0.15) is 0 Å². The SMILES string of the molecule is COC/C(=C\C(=O)O)c1ccc(C(C)(C)C)cc1C. The zero-order valence-electron chi connectivity index (χ0n) is 12.3. The molecule has 0 unspecified atom stereocenters. The van der Waals surface area contributed by atoms with Gasteiger partial charge in [0.05, 0.1) is 6.61 Å². The fourth-order valence-electron chi connectivity index (χ4n) is 1.99. The summed E-state index contributed by atoms with van der Waals surface area (Å²) in [6, 6.07) is 6.14. The third-order valence-corrected chi connectivity index (χ3v) is 3.04. The molecule has 0 amide bonds. The number of carboxylic acids is 1. The molecule has 1 aromatic rings. The summed E-state index contributed by atoms with van der Waals surface area (Å²) in [5.41, 5.74) is 4.00. The molecule has 19 heavy (non-hydrogen) atoms. The van der Waals surface area contributed by atoms with Crippen molar-refractivity contribution in [2.45, 2.75) is 33.1 Å². The zero-order valence-corrected chi connectivity index (χ0v) is 12.3. The molecular weight excluding hydrogens is 240 g/mol. The van der Waals surface area contributed by atoms with E-state index in [1.165, 1.54) is 11.6 Å². The van der Waals surface area contributed by atoms with Crippen LogP contribution in [-0.4, -0.2) is 24.8 Å². The van der Waals surface area contributed by atoms with Crippen molar-refractivity contribution in [3.8, 4) is 0 Å². The standard InChI is InChI=1S/C16H22O3/c1-11-8-13(16(2,3)4)6-7-14(11)12(10-19-5)9-15(17)18/h6-9H,10H2,1-5H3,(H,17,18)/b12-9+. The van der Waals surface area contributed by atoms with Crippen LogP contribution in [0.2, 0.25) is 0 Å². The minimum atomic E-state index is -0.952. The highest BCUT2D eigenvalue weighted by molar-refractivity contribution is 5.90. The van der Waals surface area contributed by atoms with Gasteiger partial charge in [0.15, 0.2) is 0 Å². The largest absolute Gasteiger partial charge is 0.478 e. The minimum Gasteiger partial charge on any atom is -0.478 e. The number of hydrogen-bond acceptors (Lipinski definition) is 2. The molecule has 0 aliphatic heterocycles. The Balaban J connectivity index is 3.23. The molecule has 0 radical (unpaired) electrons. The molecule has 0 fully saturated rings. The van der Waals surface area contributed by atoms with Crippen LogP contribution in [-0.2, 0) is 14.9 Å². The van der Waals surface area contributed by atoms with E-state index in [0.29, 0.717) is 12.2 Å². The summed E-state index contributed by atoms with van der Waals surface area (Å²) in [4.78, 5) is 10.9. The van der Waals surface area contributed by atoms with Gasteiger partial charge in [0.2, 0.25) is 0 Å². The van der Waals surface area contributed by atoms with Crippen LogP contribution in [0.25, 0.3) is 5.57 Å². The second-order valence-electron chi connectivity index (χ2n) is 5.72. The summed E-state index contributed by atoms with van der Waals surface area (Å²) >= 11 is 0. The van der Waals surface area contributed by atoms with Crippen molar-refractivity contribution in [1.29, 1.82) is 0 Å². The van der Waals surface area contributed by atoms with Crippen molar-refractivity contribution >= 4 is 11.5 Å². The molecule has 1 rings (SSSR count). The molecule has 1 aromatic carbocycles. The van der Waals surface area contributed by atoms with Gasteiger partial charge in [0.25, 0.3) is 0 Å². The first-order valence-electron chi connectivity index (χ1n) is 6.29. The van der Waals surface area contributed by atoms with E-state index in [0.717, 1.165) is 11.1 Å². The Morgan fingerprint density at radius 3 is 2.42 bits per heavy atom. The molecule has 1 N–H and O–H groups in total. The quantitative estimate of drug-likeness (QED) is 0.846. The number of aliphatic carboxylic acids is 1. The van der Waals surface area contributed by atoms with Gasteiger partial charge in [-0.3, -0.25) is 0 Å². The van der Waals surface area contributed by atoms with E-state index in [1.807, 2.05) is 19.1 Å². The lowest BCUT2D eigenvalue weighted by Gasteiger charge is -2.21. The molecule has 0 saturated carbocycles.